The zero-order valence-electron chi connectivity index (χ0n) is 15.8. The van der Waals surface area contributed by atoms with E-state index in [0.29, 0.717) is 10.6 Å². The molecule has 0 aliphatic carbocycles. The Kier molecular flexibility index (Phi) is 5.68. The molecule has 10 heteroatoms. The molecule has 1 aliphatic rings. The number of carbonyl (C=O) groups excluding carboxylic acids is 3. The summed E-state index contributed by atoms with van der Waals surface area (Å²) in [5.41, 5.74) is -2.94. The second-order valence-electron chi connectivity index (χ2n) is 6.55. The van der Waals surface area contributed by atoms with Gasteiger partial charge in [0.25, 0.3) is 17.5 Å². The molecule has 2 aromatic carbocycles. The van der Waals surface area contributed by atoms with Gasteiger partial charge in [-0.2, -0.15) is 13.2 Å². The Morgan fingerprint density at radius 1 is 1.10 bits per heavy atom. The Balaban J connectivity index is 1.83. The van der Waals surface area contributed by atoms with Crippen molar-refractivity contribution in [2.45, 2.75) is 18.3 Å². The lowest BCUT2D eigenvalue weighted by molar-refractivity contribution is -0.200. The third-order valence-electron chi connectivity index (χ3n) is 4.65. The number of hydrogen-bond acceptors (Lipinski definition) is 4. The number of rotatable bonds is 6. The molecule has 2 N–H and O–H groups in total. The van der Waals surface area contributed by atoms with Crippen molar-refractivity contribution >= 4 is 17.8 Å². The summed E-state index contributed by atoms with van der Waals surface area (Å²) in [6.45, 7) is -0.273. The molecular formula is C20H18F3N3O4. The van der Waals surface area contributed by atoms with Gasteiger partial charge in [-0.05, 0) is 36.2 Å². The summed E-state index contributed by atoms with van der Waals surface area (Å²) < 4.78 is 46.6. The molecule has 2 aromatic rings. The maximum absolute atomic E-state index is 13.9. The number of ether oxygens (including phenoxy) is 1. The van der Waals surface area contributed by atoms with Crippen molar-refractivity contribution in [3.63, 3.8) is 0 Å². The lowest BCUT2D eigenvalue weighted by Crippen LogP contribution is -2.69. The highest BCUT2D eigenvalue weighted by Gasteiger charge is 2.68. The summed E-state index contributed by atoms with van der Waals surface area (Å²) >= 11 is 0. The van der Waals surface area contributed by atoms with Crippen LogP contribution in [-0.4, -0.2) is 48.2 Å². The largest absolute Gasteiger partial charge is 0.497 e. The van der Waals surface area contributed by atoms with Crippen LogP contribution in [0.25, 0.3) is 0 Å². The van der Waals surface area contributed by atoms with Crippen molar-refractivity contribution in [1.82, 2.24) is 15.5 Å². The molecule has 1 aliphatic heterocycles. The van der Waals surface area contributed by atoms with Gasteiger partial charge in [0.1, 0.15) is 5.75 Å². The number of methoxy groups -OCH3 is 1. The van der Waals surface area contributed by atoms with E-state index in [-0.39, 0.29) is 18.5 Å². The van der Waals surface area contributed by atoms with Crippen molar-refractivity contribution in [1.29, 1.82) is 0 Å². The standard InChI is InChI=1S/C20H18F3N3O4/c1-30-15-9-7-14(8-10-15)16(27)24-19(20(21,22)23)17(28)26(18(29)25-19)12-11-13-5-3-2-4-6-13/h2-10H,11-12H2,1H3,(H,24,27)(H,25,29)/t19-/m1/s1. The molecule has 0 aromatic heterocycles. The second kappa shape index (κ2) is 8.05. The number of carbonyl (C=O) groups is 3. The molecule has 0 spiro atoms. The Hall–Kier alpha value is -3.56. The van der Waals surface area contributed by atoms with E-state index in [1.807, 2.05) is 0 Å². The van der Waals surface area contributed by atoms with Gasteiger partial charge in [-0.1, -0.05) is 30.3 Å². The van der Waals surface area contributed by atoms with Gasteiger partial charge in [0.15, 0.2) is 0 Å². The zero-order valence-corrected chi connectivity index (χ0v) is 15.8. The Bertz CT molecular complexity index is 948. The van der Waals surface area contributed by atoms with E-state index in [1.165, 1.54) is 31.4 Å². The van der Waals surface area contributed by atoms with Crippen LogP contribution in [0.3, 0.4) is 0 Å². The number of halogens is 3. The average Bonchev–Trinajstić information content (AvgIpc) is 2.97. The lowest BCUT2D eigenvalue weighted by Gasteiger charge is -2.29. The summed E-state index contributed by atoms with van der Waals surface area (Å²) in [6, 6.07) is 12.7. The van der Waals surface area contributed by atoms with E-state index in [0.717, 1.165) is 5.56 Å². The number of urea groups is 1. The lowest BCUT2D eigenvalue weighted by atomic mass is 10.1. The third-order valence-corrected chi connectivity index (χ3v) is 4.65. The SMILES string of the molecule is COc1ccc(C(=O)N[C@@]2(C(F)(F)F)NC(=O)N(CCc3ccccc3)C2=O)cc1. The third kappa shape index (κ3) is 3.93. The summed E-state index contributed by atoms with van der Waals surface area (Å²) in [4.78, 5) is 37.7. The minimum Gasteiger partial charge on any atom is -0.497 e. The van der Waals surface area contributed by atoms with Crippen LogP contribution in [0, 0.1) is 0 Å². The number of benzene rings is 2. The number of amides is 4. The average molecular weight is 421 g/mol. The molecule has 1 fully saturated rings. The number of imide groups is 1. The predicted molar refractivity (Wildman–Crippen MR) is 99.6 cm³/mol. The highest BCUT2D eigenvalue weighted by atomic mass is 19.4. The van der Waals surface area contributed by atoms with E-state index >= 15 is 0 Å². The van der Waals surface area contributed by atoms with E-state index in [2.05, 4.69) is 0 Å². The van der Waals surface area contributed by atoms with Crippen LogP contribution in [0.15, 0.2) is 54.6 Å². The highest BCUT2D eigenvalue weighted by molar-refractivity contribution is 6.10. The van der Waals surface area contributed by atoms with E-state index in [4.69, 9.17) is 4.74 Å². The van der Waals surface area contributed by atoms with Crippen molar-refractivity contribution in [3.8, 4) is 5.75 Å². The van der Waals surface area contributed by atoms with Crippen LogP contribution < -0.4 is 15.4 Å². The zero-order chi connectivity index (χ0) is 21.9. The van der Waals surface area contributed by atoms with Gasteiger partial charge in [-0.25, -0.2) is 4.79 Å². The molecule has 0 unspecified atom stereocenters. The molecule has 4 amide bonds. The van der Waals surface area contributed by atoms with Gasteiger partial charge >= 0.3 is 12.2 Å². The molecule has 30 heavy (non-hydrogen) atoms. The minimum atomic E-state index is -5.26. The number of nitrogens with zero attached hydrogens (tertiary/aromatic N) is 1. The first-order chi connectivity index (χ1) is 14.2. The van der Waals surface area contributed by atoms with Crippen molar-refractivity contribution < 1.29 is 32.3 Å². The summed E-state index contributed by atoms with van der Waals surface area (Å²) in [7, 11) is 1.39. The summed E-state index contributed by atoms with van der Waals surface area (Å²) in [6.07, 6.45) is -5.09. The van der Waals surface area contributed by atoms with Crippen LogP contribution in [-0.2, 0) is 11.2 Å². The van der Waals surface area contributed by atoms with E-state index < -0.39 is 29.7 Å². The number of hydrogen-bond donors (Lipinski definition) is 2. The van der Waals surface area contributed by atoms with Gasteiger partial charge in [-0.15, -0.1) is 0 Å². The van der Waals surface area contributed by atoms with E-state index in [9.17, 15) is 27.6 Å². The first kappa shape index (κ1) is 21.2. The fourth-order valence-corrected chi connectivity index (χ4v) is 3.00. The quantitative estimate of drug-likeness (QED) is 0.702. The number of alkyl halides is 3. The topological polar surface area (TPSA) is 87.7 Å². The van der Waals surface area contributed by atoms with Crippen LogP contribution in [0.1, 0.15) is 15.9 Å². The van der Waals surface area contributed by atoms with Crippen LogP contribution >= 0.6 is 0 Å². The normalized spacial score (nSPS) is 18.9. The Morgan fingerprint density at radius 2 is 1.73 bits per heavy atom. The molecule has 1 saturated heterocycles. The van der Waals surface area contributed by atoms with Gasteiger partial charge in [0.2, 0.25) is 0 Å². The van der Waals surface area contributed by atoms with E-state index in [1.54, 1.807) is 41.0 Å². The van der Waals surface area contributed by atoms with Gasteiger partial charge in [0, 0.05) is 12.1 Å². The first-order valence-corrected chi connectivity index (χ1v) is 8.89. The van der Waals surface area contributed by atoms with Crippen LogP contribution in [0.2, 0.25) is 0 Å². The molecule has 0 saturated carbocycles. The monoisotopic (exact) mass is 421 g/mol. The number of nitrogens with one attached hydrogen (secondary N) is 2. The maximum atomic E-state index is 13.9. The highest BCUT2D eigenvalue weighted by Crippen LogP contribution is 2.34. The summed E-state index contributed by atoms with van der Waals surface area (Å²) in [5.74, 6) is -2.36. The van der Waals surface area contributed by atoms with Crippen molar-refractivity contribution in [2.24, 2.45) is 0 Å². The van der Waals surface area contributed by atoms with Crippen LogP contribution in [0.4, 0.5) is 18.0 Å². The van der Waals surface area contributed by atoms with Crippen molar-refractivity contribution in [2.75, 3.05) is 13.7 Å². The first-order valence-electron chi connectivity index (χ1n) is 8.89. The van der Waals surface area contributed by atoms with Gasteiger partial charge < -0.3 is 10.1 Å². The molecule has 158 valence electrons. The molecular weight excluding hydrogens is 403 g/mol. The molecule has 0 radical (unpaired) electrons. The fourth-order valence-electron chi connectivity index (χ4n) is 3.00. The maximum Gasteiger partial charge on any atom is 0.440 e. The molecule has 1 atom stereocenters. The van der Waals surface area contributed by atoms with Gasteiger partial charge in [0.05, 0.1) is 7.11 Å². The minimum absolute atomic E-state index is 0.135. The fraction of sp³-hybridized carbons (Fsp3) is 0.250. The predicted octanol–water partition coefficient (Wildman–Crippen LogP) is 2.48. The Labute approximate surface area is 169 Å². The van der Waals surface area contributed by atoms with Crippen molar-refractivity contribution in [3.05, 3.63) is 65.7 Å². The molecule has 0 bridgehead atoms. The molecule has 1 heterocycles. The Morgan fingerprint density at radius 3 is 2.30 bits per heavy atom. The second-order valence-corrected chi connectivity index (χ2v) is 6.55. The molecule has 3 rings (SSSR count). The summed E-state index contributed by atoms with van der Waals surface area (Å²) in [5, 5.41) is 3.29. The molecule has 7 nitrogen and oxygen atoms in total. The smallest absolute Gasteiger partial charge is 0.440 e. The van der Waals surface area contributed by atoms with Gasteiger partial charge in [-0.3, -0.25) is 19.8 Å². The van der Waals surface area contributed by atoms with Crippen LogP contribution in [0.5, 0.6) is 5.75 Å².